The van der Waals surface area contributed by atoms with Gasteiger partial charge in [-0.25, -0.2) is 0 Å². The van der Waals surface area contributed by atoms with Gasteiger partial charge in [0, 0.05) is 16.3 Å². The number of thioether (sulfide) groups is 1. The largest absolute Gasteiger partial charge is 0.212 e. The number of halogens is 2. The van der Waals surface area contributed by atoms with E-state index in [1.54, 1.807) is 41.1 Å². The van der Waals surface area contributed by atoms with Crippen LogP contribution in [-0.2, 0) is 5.75 Å². The quantitative estimate of drug-likeness (QED) is 0.461. The Morgan fingerprint density at radius 1 is 1.17 bits per heavy atom. The molecule has 0 spiro atoms. The van der Waals surface area contributed by atoms with Crippen LogP contribution in [0.3, 0.4) is 0 Å². The van der Waals surface area contributed by atoms with E-state index in [0.717, 1.165) is 16.5 Å². The van der Waals surface area contributed by atoms with Crippen LogP contribution in [0.4, 0.5) is 0 Å². The molecule has 0 amide bonds. The van der Waals surface area contributed by atoms with Gasteiger partial charge >= 0.3 is 0 Å². The Bertz CT molecular complexity index is 859. The Morgan fingerprint density at radius 3 is 2.71 bits per heavy atom. The first-order valence-electron chi connectivity index (χ1n) is 7.19. The van der Waals surface area contributed by atoms with Gasteiger partial charge in [0.15, 0.2) is 0 Å². The normalized spacial score (nSPS) is 11.3. The molecule has 0 bridgehead atoms. The maximum Gasteiger partial charge on any atom is 0.212 e. The number of nitrogens with zero attached hydrogens (tertiary/aromatic N) is 4. The molecule has 3 rings (SSSR count). The molecule has 0 saturated heterocycles. The van der Waals surface area contributed by atoms with Crippen molar-refractivity contribution < 1.29 is 0 Å². The lowest BCUT2D eigenvalue weighted by Crippen LogP contribution is -1.93. The first-order valence-corrected chi connectivity index (χ1v) is 8.94. The average Bonchev–Trinajstić information content (AvgIpc) is 3.01. The monoisotopic (exact) mass is 376 g/mol. The lowest BCUT2D eigenvalue weighted by atomic mass is 10.2. The molecule has 1 aromatic heterocycles. The number of benzene rings is 2. The van der Waals surface area contributed by atoms with Gasteiger partial charge in [-0.2, -0.15) is 9.78 Å². The van der Waals surface area contributed by atoms with Crippen LogP contribution in [0, 0.1) is 6.92 Å². The summed E-state index contributed by atoms with van der Waals surface area (Å²) in [4.78, 5) is 0. The third-order valence-corrected chi connectivity index (χ3v) is 4.84. The fraction of sp³-hybridized carbons (Fsp3) is 0.118. The summed E-state index contributed by atoms with van der Waals surface area (Å²) >= 11 is 13.6. The van der Waals surface area contributed by atoms with Crippen LogP contribution in [0.15, 0.2) is 59.0 Å². The summed E-state index contributed by atoms with van der Waals surface area (Å²) in [5.41, 5.74) is 3.26. The van der Waals surface area contributed by atoms with Crippen molar-refractivity contribution >= 4 is 41.2 Å². The minimum absolute atomic E-state index is 0.549. The summed E-state index contributed by atoms with van der Waals surface area (Å²) in [6.45, 7) is 2.07. The molecule has 0 saturated carbocycles. The second-order valence-electron chi connectivity index (χ2n) is 5.14. The van der Waals surface area contributed by atoms with Crippen molar-refractivity contribution in [1.29, 1.82) is 0 Å². The molecule has 0 N–H and O–H groups in total. The number of hydrogen-bond acceptors (Lipinski definition) is 4. The molecule has 4 nitrogen and oxygen atoms in total. The van der Waals surface area contributed by atoms with Crippen LogP contribution in [0.1, 0.15) is 16.7 Å². The maximum absolute atomic E-state index is 6.14. The highest BCUT2D eigenvalue weighted by Crippen LogP contribution is 2.22. The van der Waals surface area contributed by atoms with Gasteiger partial charge in [0.1, 0.15) is 6.33 Å². The molecule has 7 heteroatoms. The Labute approximate surface area is 154 Å². The highest BCUT2D eigenvalue weighted by atomic mass is 35.5. The van der Waals surface area contributed by atoms with Gasteiger partial charge in [-0.3, -0.25) is 0 Å². The van der Waals surface area contributed by atoms with Gasteiger partial charge in [0.05, 0.1) is 11.2 Å². The standard InChI is InChI=1S/C17H14Cl2N4S/c1-12-2-4-13(5-3-12)10-24-17-22-20-11-23(17)21-9-14-6-7-15(18)8-16(14)19/h2-9,11H,10H2,1H3/b21-9-. The fourth-order valence-corrected chi connectivity index (χ4v) is 3.23. The molecule has 0 fully saturated rings. The average molecular weight is 377 g/mol. The van der Waals surface area contributed by atoms with Gasteiger partial charge in [-0.15, -0.1) is 10.2 Å². The number of rotatable bonds is 5. The smallest absolute Gasteiger partial charge is 0.195 e. The van der Waals surface area contributed by atoms with Gasteiger partial charge in [0.25, 0.3) is 0 Å². The van der Waals surface area contributed by atoms with Crippen molar-refractivity contribution in [1.82, 2.24) is 14.9 Å². The Morgan fingerprint density at radius 2 is 1.96 bits per heavy atom. The fourth-order valence-electron chi connectivity index (χ4n) is 1.96. The third kappa shape index (κ3) is 4.38. The highest BCUT2D eigenvalue weighted by molar-refractivity contribution is 7.98. The van der Waals surface area contributed by atoms with Crippen molar-refractivity contribution in [2.24, 2.45) is 5.10 Å². The zero-order valence-corrected chi connectivity index (χ0v) is 15.2. The minimum atomic E-state index is 0.549. The van der Waals surface area contributed by atoms with Crippen LogP contribution in [0.2, 0.25) is 10.0 Å². The Kier molecular flexibility index (Phi) is 5.56. The predicted molar refractivity (Wildman–Crippen MR) is 100 cm³/mol. The van der Waals surface area contributed by atoms with E-state index in [2.05, 4.69) is 46.5 Å². The summed E-state index contributed by atoms with van der Waals surface area (Å²) in [6.07, 6.45) is 3.23. The minimum Gasteiger partial charge on any atom is -0.195 e. The molecule has 122 valence electrons. The van der Waals surface area contributed by atoms with E-state index in [4.69, 9.17) is 23.2 Å². The van der Waals surface area contributed by atoms with Crippen LogP contribution >= 0.6 is 35.0 Å². The van der Waals surface area contributed by atoms with Crippen molar-refractivity contribution in [3.05, 3.63) is 75.5 Å². The Hall–Kier alpha value is -1.82. The molecular weight excluding hydrogens is 363 g/mol. The zero-order chi connectivity index (χ0) is 16.9. The van der Waals surface area contributed by atoms with E-state index >= 15 is 0 Å². The van der Waals surface area contributed by atoms with Crippen LogP contribution < -0.4 is 0 Å². The van der Waals surface area contributed by atoms with Crippen molar-refractivity contribution in [3.63, 3.8) is 0 Å². The number of aromatic nitrogens is 3. The van der Waals surface area contributed by atoms with E-state index in [9.17, 15) is 0 Å². The second kappa shape index (κ2) is 7.83. The summed E-state index contributed by atoms with van der Waals surface area (Å²) < 4.78 is 1.63. The maximum atomic E-state index is 6.14. The summed E-state index contributed by atoms with van der Waals surface area (Å²) in [7, 11) is 0. The predicted octanol–water partition coefficient (Wildman–Crippen LogP) is 5.07. The van der Waals surface area contributed by atoms with E-state index < -0.39 is 0 Å². The van der Waals surface area contributed by atoms with E-state index in [1.807, 2.05) is 6.07 Å². The van der Waals surface area contributed by atoms with Gasteiger partial charge in [-0.1, -0.05) is 70.9 Å². The molecule has 2 aromatic carbocycles. The van der Waals surface area contributed by atoms with Gasteiger partial charge in [0.2, 0.25) is 5.16 Å². The van der Waals surface area contributed by atoms with Crippen LogP contribution in [0.5, 0.6) is 0 Å². The number of hydrogen-bond donors (Lipinski definition) is 0. The zero-order valence-electron chi connectivity index (χ0n) is 12.9. The van der Waals surface area contributed by atoms with Crippen LogP contribution in [0.25, 0.3) is 0 Å². The summed E-state index contributed by atoms with van der Waals surface area (Å²) in [5.74, 6) is 0.802. The van der Waals surface area contributed by atoms with E-state index in [1.165, 1.54) is 11.1 Å². The van der Waals surface area contributed by atoms with Crippen molar-refractivity contribution in [3.8, 4) is 0 Å². The van der Waals surface area contributed by atoms with Gasteiger partial charge < -0.3 is 0 Å². The number of aryl methyl sites for hydroxylation is 1. The van der Waals surface area contributed by atoms with Crippen molar-refractivity contribution in [2.45, 2.75) is 17.8 Å². The Balaban J connectivity index is 1.70. The topological polar surface area (TPSA) is 43.1 Å². The first-order chi connectivity index (χ1) is 11.6. The molecule has 0 aliphatic rings. The van der Waals surface area contributed by atoms with Crippen LogP contribution in [-0.4, -0.2) is 21.1 Å². The first kappa shape index (κ1) is 17.0. The molecule has 1 heterocycles. The highest BCUT2D eigenvalue weighted by Gasteiger charge is 2.05. The summed E-state index contributed by atoms with van der Waals surface area (Å²) in [5, 5.41) is 14.3. The van der Waals surface area contributed by atoms with Gasteiger partial charge in [-0.05, 0) is 24.6 Å². The molecular formula is C17H14Cl2N4S. The molecule has 3 aromatic rings. The lowest BCUT2D eigenvalue weighted by molar-refractivity contribution is 0.767. The molecule has 0 atom stereocenters. The lowest BCUT2D eigenvalue weighted by Gasteiger charge is -2.02. The molecule has 0 radical (unpaired) electrons. The summed E-state index contributed by atoms with van der Waals surface area (Å²) in [6, 6.07) is 13.7. The molecule has 0 aliphatic heterocycles. The van der Waals surface area contributed by atoms with E-state index in [-0.39, 0.29) is 0 Å². The SMILES string of the molecule is Cc1ccc(CSc2nncn2/N=C\c2ccc(Cl)cc2Cl)cc1. The molecule has 24 heavy (non-hydrogen) atoms. The third-order valence-electron chi connectivity index (χ3n) is 3.27. The van der Waals surface area contributed by atoms with E-state index in [0.29, 0.717) is 10.0 Å². The molecule has 0 aliphatic carbocycles. The molecule has 0 unspecified atom stereocenters. The van der Waals surface area contributed by atoms with Crippen molar-refractivity contribution in [2.75, 3.05) is 0 Å². The second-order valence-corrected chi connectivity index (χ2v) is 6.93.